The summed E-state index contributed by atoms with van der Waals surface area (Å²) in [7, 11) is 2.18. The lowest BCUT2D eigenvalue weighted by Gasteiger charge is -2.30. The Kier molecular flexibility index (Phi) is 5.21. The van der Waals surface area contributed by atoms with Crippen LogP contribution >= 0.6 is 0 Å². The molecule has 5 rings (SSSR count). The molecule has 166 valence electrons. The van der Waals surface area contributed by atoms with Gasteiger partial charge in [-0.3, -0.25) is 0 Å². The Labute approximate surface area is 188 Å². The zero-order chi connectivity index (χ0) is 22.4. The van der Waals surface area contributed by atoms with E-state index in [-0.39, 0.29) is 0 Å². The second-order valence-electron chi connectivity index (χ2n) is 9.21. The molecule has 5 heterocycles. The van der Waals surface area contributed by atoms with E-state index in [1.54, 1.807) is 0 Å². The molecule has 1 aliphatic rings. The molecule has 7 nitrogen and oxygen atoms in total. The number of nitrogens with one attached hydrogen (secondary N) is 2. The molecule has 0 amide bonds. The zero-order valence-electron chi connectivity index (χ0n) is 19.3. The Morgan fingerprint density at radius 2 is 1.97 bits per heavy atom. The Morgan fingerprint density at radius 1 is 1.19 bits per heavy atom. The van der Waals surface area contributed by atoms with Gasteiger partial charge in [0.1, 0.15) is 11.5 Å². The summed E-state index contributed by atoms with van der Waals surface area (Å²) in [6.45, 7) is 12.9. The Balaban J connectivity index is 1.49. The molecule has 4 aromatic rings. The first-order valence-electron chi connectivity index (χ1n) is 11.4. The van der Waals surface area contributed by atoms with Crippen LogP contribution in [0.4, 0.5) is 0 Å². The van der Waals surface area contributed by atoms with Crippen molar-refractivity contribution in [3.8, 4) is 11.1 Å². The van der Waals surface area contributed by atoms with Crippen LogP contribution in [0.3, 0.4) is 0 Å². The fraction of sp³-hybridized carbons (Fsp3) is 0.400. The van der Waals surface area contributed by atoms with Crippen molar-refractivity contribution in [2.24, 2.45) is 0 Å². The third kappa shape index (κ3) is 3.66. The van der Waals surface area contributed by atoms with Crippen molar-refractivity contribution < 1.29 is 0 Å². The summed E-state index contributed by atoms with van der Waals surface area (Å²) in [5.74, 6) is 0.985. The van der Waals surface area contributed by atoms with Crippen LogP contribution < -0.4 is 5.32 Å². The van der Waals surface area contributed by atoms with E-state index in [0.29, 0.717) is 12.1 Å². The van der Waals surface area contributed by atoms with Gasteiger partial charge in [0.2, 0.25) is 0 Å². The van der Waals surface area contributed by atoms with Crippen molar-refractivity contribution in [2.45, 2.75) is 45.7 Å². The minimum absolute atomic E-state index is 0.322. The molecule has 0 saturated carbocycles. The van der Waals surface area contributed by atoms with Crippen molar-refractivity contribution in [3.05, 3.63) is 48.7 Å². The highest BCUT2D eigenvalue weighted by molar-refractivity contribution is 5.96. The monoisotopic (exact) mass is 429 g/mol. The number of H-pyrrole nitrogens is 1. The molecule has 1 saturated heterocycles. The predicted molar refractivity (Wildman–Crippen MR) is 130 cm³/mol. The van der Waals surface area contributed by atoms with Crippen molar-refractivity contribution in [1.82, 2.24) is 34.7 Å². The first-order chi connectivity index (χ1) is 15.4. The lowest BCUT2D eigenvalue weighted by molar-refractivity contribution is 0.245. The maximum Gasteiger partial charge on any atom is 0.177 e. The third-order valence-corrected chi connectivity index (χ3v) is 6.53. The highest BCUT2D eigenvalue weighted by atomic mass is 15.1. The van der Waals surface area contributed by atoms with Gasteiger partial charge in [-0.15, -0.1) is 0 Å². The molecular formula is C25H31N7. The minimum Gasteiger partial charge on any atom is -0.382 e. The van der Waals surface area contributed by atoms with Crippen molar-refractivity contribution in [3.63, 3.8) is 0 Å². The van der Waals surface area contributed by atoms with E-state index < -0.39 is 0 Å². The van der Waals surface area contributed by atoms with Crippen LogP contribution in [0.2, 0.25) is 0 Å². The second kappa shape index (κ2) is 8.06. The van der Waals surface area contributed by atoms with Crippen molar-refractivity contribution in [2.75, 3.05) is 20.1 Å². The number of imidazole rings is 1. The van der Waals surface area contributed by atoms with E-state index in [4.69, 9.17) is 0 Å². The number of hydrogen-bond donors (Lipinski definition) is 2. The summed E-state index contributed by atoms with van der Waals surface area (Å²) in [5.41, 5.74) is 6.81. The number of aromatic nitrogens is 5. The maximum absolute atomic E-state index is 4.66. The van der Waals surface area contributed by atoms with Gasteiger partial charge in [0.15, 0.2) is 5.65 Å². The lowest BCUT2D eigenvalue weighted by Crippen LogP contribution is -2.39. The predicted octanol–water partition coefficient (Wildman–Crippen LogP) is 4.52. The molecule has 0 spiro atoms. The molecule has 0 aliphatic carbocycles. The fourth-order valence-electron chi connectivity index (χ4n) is 4.78. The summed E-state index contributed by atoms with van der Waals surface area (Å²) in [6.07, 6.45) is 8.08. The maximum atomic E-state index is 4.66. The van der Waals surface area contributed by atoms with Gasteiger partial charge in [0, 0.05) is 58.4 Å². The number of pyridine rings is 2. The molecule has 1 aliphatic heterocycles. The topological polar surface area (TPSA) is 74.7 Å². The van der Waals surface area contributed by atoms with Crippen LogP contribution in [0.25, 0.3) is 39.0 Å². The van der Waals surface area contributed by atoms with Gasteiger partial charge in [0.25, 0.3) is 0 Å². The number of rotatable bonds is 5. The summed E-state index contributed by atoms with van der Waals surface area (Å²) in [5, 5.41) is 4.69. The van der Waals surface area contributed by atoms with Gasteiger partial charge in [-0.2, -0.15) is 0 Å². The first kappa shape index (κ1) is 20.7. The molecule has 32 heavy (non-hydrogen) atoms. The molecule has 0 unspecified atom stereocenters. The van der Waals surface area contributed by atoms with Crippen LogP contribution in [0.1, 0.15) is 44.1 Å². The van der Waals surface area contributed by atoms with Crippen LogP contribution in [-0.2, 0) is 0 Å². The van der Waals surface area contributed by atoms with Gasteiger partial charge in [0.05, 0.1) is 5.52 Å². The Morgan fingerprint density at radius 3 is 2.72 bits per heavy atom. The Bertz CT molecular complexity index is 1290. The van der Waals surface area contributed by atoms with Gasteiger partial charge >= 0.3 is 0 Å². The molecule has 0 aromatic carbocycles. The van der Waals surface area contributed by atoms with Crippen LogP contribution in [0.5, 0.6) is 0 Å². The molecular weight excluding hydrogens is 398 g/mol. The largest absolute Gasteiger partial charge is 0.382 e. The highest BCUT2D eigenvalue weighted by Crippen LogP contribution is 2.31. The van der Waals surface area contributed by atoms with Gasteiger partial charge < -0.3 is 19.8 Å². The number of fused-ring (bicyclic) bond motifs is 2. The summed E-state index contributed by atoms with van der Waals surface area (Å²) in [4.78, 5) is 19.6. The summed E-state index contributed by atoms with van der Waals surface area (Å²) < 4.78 is 2.23. The molecule has 1 fully saturated rings. The van der Waals surface area contributed by atoms with E-state index in [1.165, 1.54) is 0 Å². The van der Waals surface area contributed by atoms with E-state index in [1.807, 2.05) is 25.5 Å². The quantitative estimate of drug-likeness (QED) is 0.488. The average molecular weight is 430 g/mol. The fourth-order valence-corrected chi connectivity index (χ4v) is 4.78. The number of aryl methyl sites for hydroxylation is 1. The SMILES string of the molecule is C=C(NC1CCN(C)CC1)c1cnc2[nH]cc(-c3cnc4nc(C)n(C(C)C)c4c3)c2c1. The van der Waals surface area contributed by atoms with E-state index in [2.05, 4.69) is 74.3 Å². The number of likely N-dealkylation sites (tertiary alicyclic amines) is 1. The number of nitrogens with zero attached hydrogens (tertiary/aromatic N) is 5. The summed E-state index contributed by atoms with van der Waals surface area (Å²) in [6, 6.07) is 5.14. The number of piperidine rings is 1. The van der Waals surface area contributed by atoms with E-state index in [9.17, 15) is 0 Å². The molecule has 2 N–H and O–H groups in total. The van der Waals surface area contributed by atoms with Crippen LogP contribution in [0, 0.1) is 6.92 Å². The van der Waals surface area contributed by atoms with Crippen molar-refractivity contribution >= 4 is 27.9 Å². The molecule has 0 atom stereocenters. The number of hydrogen-bond acceptors (Lipinski definition) is 5. The molecule has 0 radical (unpaired) electrons. The minimum atomic E-state index is 0.322. The van der Waals surface area contributed by atoms with Crippen molar-refractivity contribution in [1.29, 1.82) is 0 Å². The Hall–Kier alpha value is -3.19. The van der Waals surface area contributed by atoms with Gasteiger partial charge in [-0.1, -0.05) is 6.58 Å². The lowest BCUT2D eigenvalue weighted by atomic mass is 10.0. The van der Waals surface area contributed by atoms with E-state index >= 15 is 0 Å². The van der Waals surface area contributed by atoms with E-state index in [0.717, 1.165) is 76.3 Å². The van der Waals surface area contributed by atoms with Gasteiger partial charge in [-0.05, 0) is 65.9 Å². The normalized spacial score (nSPS) is 15.8. The number of aromatic amines is 1. The van der Waals surface area contributed by atoms with Crippen LogP contribution in [-0.4, -0.2) is 55.6 Å². The smallest absolute Gasteiger partial charge is 0.177 e. The molecule has 7 heteroatoms. The average Bonchev–Trinajstić information content (AvgIpc) is 3.34. The third-order valence-electron chi connectivity index (χ3n) is 6.53. The molecule has 0 bridgehead atoms. The van der Waals surface area contributed by atoms with Gasteiger partial charge in [-0.25, -0.2) is 15.0 Å². The van der Waals surface area contributed by atoms with Crippen LogP contribution in [0.15, 0.2) is 37.3 Å². The second-order valence-corrected chi connectivity index (χ2v) is 9.21. The first-order valence-corrected chi connectivity index (χ1v) is 11.4. The summed E-state index contributed by atoms with van der Waals surface area (Å²) >= 11 is 0. The zero-order valence-corrected chi connectivity index (χ0v) is 19.3. The standard InChI is InChI=1S/C25H31N7/c1-15(2)32-17(4)30-25-23(32)11-19(13-27-25)22-14-28-24-21(22)10-18(12-26-24)16(3)29-20-6-8-31(5)9-7-20/h10-15,20,29H,3,6-9H2,1-2,4-5H3,(H,26,28). The highest BCUT2D eigenvalue weighted by Gasteiger charge is 2.18. The molecule has 4 aromatic heterocycles.